The van der Waals surface area contributed by atoms with Gasteiger partial charge in [-0.2, -0.15) is 0 Å². The van der Waals surface area contributed by atoms with Gasteiger partial charge in [0.25, 0.3) is 0 Å². The topological polar surface area (TPSA) is 68.3 Å². The van der Waals surface area contributed by atoms with E-state index in [2.05, 4.69) is 0 Å². The maximum absolute atomic E-state index is 11.0. The molecule has 5 heteroatoms. The molecule has 0 fully saturated rings. The number of hydrogen-bond donors (Lipinski definition) is 0. The molecule has 1 aromatic carbocycles. The van der Waals surface area contributed by atoms with Gasteiger partial charge in [0.15, 0.2) is 0 Å². The van der Waals surface area contributed by atoms with Crippen LogP contribution in [0.25, 0.3) is 6.08 Å². The molecule has 0 saturated heterocycles. The van der Waals surface area contributed by atoms with E-state index in [1.54, 1.807) is 30.3 Å². The van der Waals surface area contributed by atoms with Crippen LogP contribution in [0.3, 0.4) is 0 Å². The summed E-state index contributed by atoms with van der Waals surface area (Å²) < 4.78 is 0. The zero-order valence-electron chi connectivity index (χ0n) is 8.84. The summed E-state index contributed by atoms with van der Waals surface area (Å²) in [6.45, 7) is 0. The van der Waals surface area contributed by atoms with Gasteiger partial charge in [-0.1, -0.05) is 0 Å². The van der Waals surface area contributed by atoms with Crippen molar-refractivity contribution in [3.63, 3.8) is 0 Å². The summed E-state index contributed by atoms with van der Waals surface area (Å²) in [5.41, 5.74) is 0.705. The second-order valence-electron chi connectivity index (χ2n) is 3.21. The van der Waals surface area contributed by atoms with Crippen LogP contribution in [0.15, 0.2) is 35.3 Å². The Kier molecular flexibility index (Phi) is 3.88. The Labute approximate surface area is 98.9 Å². The molecule has 1 aromatic rings. The number of hydrogen-bond acceptors (Lipinski definition) is 4. The van der Waals surface area contributed by atoms with Gasteiger partial charge in [-0.05, 0) is 0 Å². The normalized spacial score (nSPS) is 13.5. The van der Waals surface area contributed by atoms with Crippen LogP contribution in [-0.2, 0) is 31.0 Å². The predicted molar refractivity (Wildman–Crippen MR) is 62.5 cm³/mol. The van der Waals surface area contributed by atoms with Crippen LogP contribution in [0.4, 0.5) is 0 Å². The van der Waals surface area contributed by atoms with Gasteiger partial charge in [-0.25, -0.2) is 0 Å². The number of benzene rings is 1. The van der Waals surface area contributed by atoms with Crippen molar-refractivity contribution in [1.82, 2.24) is 0 Å². The van der Waals surface area contributed by atoms with Gasteiger partial charge in [0.05, 0.1) is 0 Å². The first-order valence-electron chi connectivity index (χ1n) is 4.50. The zero-order chi connectivity index (χ0) is 12.8. The van der Waals surface area contributed by atoms with E-state index >= 15 is 0 Å². The quantitative estimate of drug-likeness (QED) is 0.576. The van der Waals surface area contributed by atoms with E-state index in [0.717, 1.165) is 4.97 Å². The van der Waals surface area contributed by atoms with Crippen molar-refractivity contribution in [2.75, 3.05) is 0 Å². The Balaban J connectivity index is 3.25. The molecule has 0 radical (unpaired) electrons. The Morgan fingerprint density at radius 2 is 1.24 bits per heavy atom. The fourth-order valence-corrected chi connectivity index (χ4v) is 2.35. The van der Waals surface area contributed by atoms with Crippen LogP contribution in [0.5, 0.6) is 0 Å². The molecule has 17 heavy (non-hydrogen) atoms. The summed E-state index contributed by atoms with van der Waals surface area (Å²) in [6, 6.07) is 8.79. The van der Waals surface area contributed by atoms with Crippen LogP contribution >= 0.6 is 0 Å². The van der Waals surface area contributed by atoms with Crippen molar-refractivity contribution >= 4 is 26.8 Å². The first-order valence-corrected chi connectivity index (χ1v) is 7.68. The Hall–Kier alpha value is -1.84. The molecule has 0 bridgehead atoms. The molecule has 0 spiro atoms. The van der Waals surface area contributed by atoms with E-state index in [1.807, 2.05) is 0 Å². The van der Waals surface area contributed by atoms with Crippen molar-refractivity contribution in [1.29, 1.82) is 0 Å². The first-order chi connectivity index (χ1) is 8.13. The molecule has 0 unspecified atom stereocenters. The molecule has 91 valence electrons. The second-order valence-corrected chi connectivity index (χ2v) is 8.30. The summed E-state index contributed by atoms with van der Waals surface area (Å²) in [5, 5.41) is 0.703. The molecular formula is C12H11FeO4. The maximum atomic E-state index is 11.0. The molecule has 1 rings (SSSR count). The van der Waals surface area contributed by atoms with E-state index < -0.39 is 11.8 Å². The van der Waals surface area contributed by atoms with Gasteiger partial charge >= 0.3 is 98.7 Å². The third kappa shape index (κ3) is 2.46. The molecule has 0 saturated carbocycles. The molecule has 0 atom stereocenters. The molecule has 0 amide bonds. The van der Waals surface area contributed by atoms with Crippen LogP contribution in [0.1, 0.15) is 5.56 Å². The Bertz CT molecular complexity index is 435. The van der Waals surface area contributed by atoms with Crippen molar-refractivity contribution in [3.05, 3.63) is 40.9 Å². The summed E-state index contributed by atoms with van der Waals surface area (Å²) in [4.78, 5) is 45.1. The van der Waals surface area contributed by atoms with Crippen LogP contribution < -0.4 is 0 Å². The van der Waals surface area contributed by atoms with E-state index in [9.17, 15) is 19.2 Å². The van der Waals surface area contributed by atoms with Crippen molar-refractivity contribution in [2.45, 2.75) is 0 Å². The van der Waals surface area contributed by atoms with Gasteiger partial charge in [-0.15, -0.1) is 0 Å². The Morgan fingerprint density at radius 3 is 1.65 bits per heavy atom. The van der Waals surface area contributed by atoms with Gasteiger partial charge < -0.3 is 0 Å². The fourth-order valence-electron chi connectivity index (χ4n) is 0.997. The molecule has 0 aliphatic carbocycles. The summed E-state index contributed by atoms with van der Waals surface area (Å²) >= 11 is -4.44. The molecule has 0 heterocycles. The summed E-state index contributed by atoms with van der Waals surface area (Å²) in [7, 11) is 0. The predicted octanol–water partition coefficient (Wildman–Crippen LogP) is 1.11. The third-order valence-electron chi connectivity index (χ3n) is 2.09. The summed E-state index contributed by atoms with van der Waals surface area (Å²) in [5.74, 6) is 0. The molecule has 0 N–H and O–H groups in total. The fraction of sp³-hybridized carbons (Fsp3) is 0. The average molecular weight is 275 g/mol. The van der Waals surface area contributed by atoms with Gasteiger partial charge in [0, 0.05) is 0 Å². The standard InChI is InChI=1S/C8H7.4CHO.Fe/c1-2-8-6-4-3-5-7-8;4*1-2;/h1-7H;4*1H;. The first kappa shape index (κ1) is 13.2. The third-order valence-corrected chi connectivity index (χ3v) is 5.53. The number of carbonyl (C=O) groups is 4. The minimum absolute atomic E-state index is 0.176. The SMILES string of the molecule is O=[CH][Fe]([CH]=O)([CH]=O)([CH]=O)[CH]=Cc1ccccc1. The van der Waals surface area contributed by atoms with Crippen LogP contribution in [0, 0.1) is 0 Å². The number of carbonyl (C=O) groups excluding carboxylic acids is 4. The van der Waals surface area contributed by atoms with Gasteiger partial charge in [0.1, 0.15) is 0 Å². The van der Waals surface area contributed by atoms with Crippen molar-refractivity contribution in [2.24, 2.45) is 0 Å². The minimum atomic E-state index is -4.44. The average Bonchev–Trinajstić information content (AvgIpc) is 2.43. The number of rotatable bonds is 6. The zero-order valence-corrected chi connectivity index (χ0v) is 9.94. The van der Waals surface area contributed by atoms with E-state index in [4.69, 9.17) is 0 Å². The Morgan fingerprint density at radius 1 is 0.765 bits per heavy atom. The van der Waals surface area contributed by atoms with Gasteiger partial charge in [0.2, 0.25) is 0 Å². The molecule has 0 aliphatic rings. The second kappa shape index (κ2) is 4.99. The summed E-state index contributed by atoms with van der Waals surface area (Å²) in [6.07, 6.45) is 1.44. The molecule has 4 nitrogen and oxygen atoms in total. The van der Waals surface area contributed by atoms with Crippen LogP contribution in [0.2, 0.25) is 0 Å². The monoisotopic (exact) mass is 275 g/mol. The molecule has 0 aromatic heterocycles. The van der Waals surface area contributed by atoms with Crippen molar-refractivity contribution < 1.29 is 31.0 Å². The molecule has 0 aliphatic heterocycles. The molecular weight excluding hydrogens is 264 g/mol. The van der Waals surface area contributed by atoms with Crippen molar-refractivity contribution in [3.8, 4) is 0 Å². The van der Waals surface area contributed by atoms with E-state index in [1.165, 1.54) is 6.08 Å². The van der Waals surface area contributed by atoms with E-state index in [0.29, 0.717) is 5.56 Å². The van der Waals surface area contributed by atoms with E-state index in [-0.39, 0.29) is 20.7 Å². The van der Waals surface area contributed by atoms with Gasteiger partial charge in [-0.3, -0.25) is 0 Å². The van der Waals surface area contributed by atoms with Crippen LogP contribution in [-0.4, -0.2) is 20.7 Å².